The van der Waals surface area contributed by atoms with Gasteiger partial charge in [0.2, 0.25) is 11.8 Å². The Morgan fingerprint density at radius 1 is 1.04 bits per heavy atom. The zero-order valence-electron chi connectivity index (χ0n) is 28.0. The maximum absolute atomic E-state index is 14.2. The molecule has 1 aliphatic carbocycles. The molecule has 4 N–H and O–H groups in total. The Kier molecular flexibility index (Phi) is 11.1. The molecule has 0 radical (unpaired) electrons. The van der Waals surface area contributed by atoms with Gasteiger partial charge >= 0.3 is 6.18 Å². The summed E-state index contributed by atoms with van der Waals surface area (Å²) in [4.78, 5) is 39.9. The first-order chi connectivity index (χ1) is 22.8. The summed E-state index contributed by atoms with van der Waals surface area (Å²) in [5.41, 5.74) is 3.04. The molecule has 2 atom stereocenters. The number of hydrogen-bond acceptors (Lipinski definition) is 6. The maximum atomic E-state index is 14.2. The topological polar surface area (TPSA) is 119 Å². The van der Waals surface area contributed by atoms with E-state index >= 15 is 0 Å². The summed E-state index contributed by atoms with van der Waals surface area (Å²) in [6.45, 7) is 7.45. The number of carbonyl (C=O) groups is 2. The van der Waals surface area contributed by atoms with Crippen molar-refractivity contribution in [2.24, 2.45) is 16.8 Å². The van der Waals surface area contributed by atoms with Gasteiger partial charge in [-0.2, -0.15) is 13.2 Å². The Morgan fingerprint density at radius 2 is 1.73 bits per heavy atom. The van der Waals surface area contributed by atoms with Gasteiger partial charge in [0, 0.05) is 25.2 Å². The van der Waals surface area contributed by atoms with Crippen LogP contribution in [0.5, 0.6) is 0 Å². The number of amidine groups is 2. The van der Waals surface area contributed by atoms with Crippen LogP contribution in [0, 0.1) is 17.2 Å². The number of carbonyl (C=O) groups excluding carboxylic acids is 2. The van der Waals surface area contributed by atoms with E-state index in [1.165, 1.54) is 6.07 Å². The average Bonchev–Trinajstić information content (AvgIpc) is 3.44. The van der Waals surface area contributed by atoms with Crippen LogP contribution >= 0.6 is 0 Å². The number of benzene rings is 2. The normalized spacial score (nSPS) is 20.0. The maximum Gasteiger partial charge on any atom is 0.416 e. The third-order valence-corrected chi connectivity index (χ3v) is 9.73. The summed E-state index contributed by atoms with van der Waals surface area (Å²) in [7, 11) is 0. The molecule has 2 aromatic rings. The van der Waals surface area contributed by atoms with Gasteiger partial charge in [-0.15, -0.1) is 0 Å². The van der Waals surface area contributed by atoms with Gasteiger partial charge in [-0.05, 0) is 81.9 Å². The number of alkyl halides is 3. The Balaban J connectivity index is 1.35. The highest BCUT2D eigenvalue weighted by Crippen LogP contribution is 2.33. The number of nitrogens with zero attached hydrogens (tertiary/aromatic N) is 2. The van der Waals surface area contributed by atoms with Crippen molar-refractivity contribution in [3.8, 4) is 0 Å². The van der Waals surface area contributed by atoms with Crippen molar-refractivity contribution in [2.75, 3.05) is 19.6 Å². The molecular weight excluding hydrogens is 621 g/mol. The van der Waals surface area contributed by atoms with Crippen LogP contribution in [-0.2, 0) is 27.0 Å². The first kappa shape index (κ1) is 35.4. The zero-order chi connectivity index (χ0) is 34.5. The second-order valence-corrected chi connectivity index (χ2v) is 13.8. The van der Waals surface area contributed by atoms with Gasteiger partial charge in [0.1, 0.15) is 6.04 Å². The van der Waals surface area contributed by atoms with Crippen LogP contribution in [0.4, 0.5) is 13.2 Å². The minimum atomic E-state index is -4.57. The number of rotatable bonds is 10. The molecule has 2 heterocycles. The fourth-order valence-corrected chi connectivity index (χ4v) is 6.89. The van der Waals surface area contributed by atoms with E-state index in [0.29, 0.717) is 18.2 Å². The fourth-order valence-electron chi connectivity index (χ4n) is 6.89. The van der Waals surface area contributed by atoms with E-state index in [1.54, 1.807) is 13.0 Å². The molecule has 9 nitrogen and oxygen atoms in total. The predicted molar refractivity (Wildman–Crippen MR) is 178 cm³/mol. The molecule has 3 aliphatic rings. The van der Waals surface area contributed by atoms with Crippen molar-refractivity contribution in [3.05, 3.63) is 70.8 Å². The number of halogens is 3. The molecule has 260 valence electrons. The highest BCUT2D eigenvalue weighted by atomic mass is 19.4. The lowest BCUT2D eigenvalue weighted by atomic mass is 9.82. The van der Waals surface area contributed by atoms with Crippen LogP contribution in [-0.4, -0.2) is 59.8 Å². The summed E-state index contributed by atoms with van der Waals surface area (Å²) >= 11 is 0. The van der Waals surface area contributed by atoms with E-state index in [1.807, 2.05) is 43.0 Å². The molecule has 1 saturated heterocycles. The Morgan fingerprint density at radius 3 is 2.33 bits per heavy atom. The van der Waals surface area contributed by atoms with Gasteiger partial charge < -0.3 is 15.5 Å². The zero-order valence-corrected chi connectivity index (χ0v) is 28.0. The first-order valence-electron chi connectivity index (χ1n) is 17.0. The quantitative estimate of drug-likeness (QED) is 0.185. The number of likely N-dealkylation sites (tertiary alicyclic amines) is 1. The SMILES string of the molecule is CC(=N)N1CCC(CNC(=O)[C@@H](NC(=O)C(Cc2ccc(C3=NC(C)(C)ON3)cc2)c2cccc(C(F)(F)F)c2)C2CCCCC2)CC1. The number of nitrogens with one attached hydrogen (secondary N) is 4. The molecule has 2 fully saturated rings. The molecule has 0 aromatic heterocycles. The highest BCUT2D eigenvalue weighted by Gasteiger charge is 2.36. The van der Waals surface area contributed by atoms with Crippen LogP contribution in [0.25, 0.3) is 0 Å². The van der Waals surface area contributed by atoms with Gasteiger partial charge in [-0.25, -0.2) is 15.3 Å². The number of aliphatic imine (C=N–C) groups is 1. The molecule has 2 aromatic carbocycles. The van der Waals surface area contributed by atoms with Gasteiger partial charge in [0.15, 0.2) is 11.6 Å². The van der Waals surface area contributed by atoms with Crippen LogP contribution in [0.15, 0.2) is 53.5 Å². The largest absolute Gasteiger partial charge is 0.416 e. The third-order valence-electron chi connectivity index (χ3n) is 9.73. The molecule has 2 amide bonds. The monoisotopic (exact) mass is 668 g/mol. The summed E-state index contributed by atoms with van der Waals surface area (Å²) < 4.78 is 41.3. The lowest BCUT2D eigenvalue weighted by molar-refractivity contribution is -0.137. The smallest absolute Gasteiger partial charge is 0.361 e. The number of amides is 2. The Labute approximate surface area is 280 Å². The van der Waals surface area contributed by atoms with Crippen molar-refractivity contribution < 1.29 is 27.6 Å². The Bertz CT molecular complexity index is 1480. The van der Waals surface area contributed by atoms with Crippen molar-refractivity contribution in [3.63, 3.8) is 0 Å². The van der Waals surface area contributed by atoms with E-state index in [0.717, 1.165) is 81.3 Å². The van der Waals surface area contributed by atoms with E-state index in [-0.39, 0.29) is 29.7 Å². The predicted octanol–water partition coefficient (Wildman–Crippen LogP) is 5.94. The minimum Gasteiger partial charge on any atom is -0.361 e. The van der Waals surface area contributed by atoms with Crippen molar-refractivity contribution >= 4 is 23.5 Å². The summed E-state index contributed by atoms with van der Waals surface area (Å²) in [5.74, 6) is -0.360. The van der Waals surface area contributed by atoms with Gasteiger partial charge in [-0.1, -0.05) is 61.7 Å². The highest BCUT2D eigenvalue weighted by molar-refractivity contribution is 5.99. The summed E-state index contributed by atoms with van der Waals surface area (Å²) in [6, 6.07) is 11.4. The first-order valence-corrected chi connectivity index (χ1v) is 17.0. The van der Waals surface area contributed by atoms with E-state index < -0.39 is 35.3 Å². The molecule has 12 heteroatoms. The molecule has 1 unspecified atom stereocenters. The van der Waals surface area contributed by atoms with Crippen LogP contribution in [0.3, 0.4) is 0 Å². The molecule has 5 rings (SSSR count). The lowest BCUT2D eigenvalue weighted by Crippen LogP contribution is -2.53. The summed E-state index contributed by atoms with van der Waals surface area (Å²) in [5, 5.41) is 14.0. The molecule has 48 heavy (non-hydrogen) atoms. The van der Waals surface area contributed by atoms with Crippen molar-refractivity contribution in [1.29, 1.82) is 5.41 Å². The lowest BCUT2D eigenvalue weighted by Gasteiger charge is -2.34. The van der Waals surface area contributed by atoms with Crippen LogP contribution in [0.2, 0.25) is 0 Å². The minimum absolute atomic E-state index is 0.0577. The fraction of sp³-hybridized carbons (Fsp3) is 0.556. The molecule has 0 bridgehead atoms. The third kappa shape index (κ3) is 9.15. The number of hydroxylamine groups is 1. The average molecular weight is 669 g/mol. The Hall–Kier alpha value is -3.93. The van der Waals surface area contributed by atoms with E-state index in [9.17, 15) is 22.8 Å². The van der Waals surface area contributed by atoms with Crippen LogP contribution < -0.4 is 16.1 Å². The van der Waals surface area contributed by atoms with Crippen molar-refractivity contribution in [2.45, 2.75) is 96.0 Å². The van der Waals surface area contributed by atoms with E-state index in [2.05, 4.69) is 21.1 Å². The van der Waals surface area contributed by atoms with Crippen LogP contribution in [0.1, 0.15) is 93.9 Å². The second kappa shape index (κ2) is 15.1. The van der Waals surface area contributed by atoms with Gasteiger partial charge in [0.05, 0.1) is 17.3 Å². The van der Waals surface area contributed by atoms with Gasteiger partial charge in [0.25, 0.3) is 0 Å². The second-order valence-electron chi connectivity index (χ2n) is 13.8. The molecule has 0 spiro atoms. The standard InChI is InChI=1S/C36H47F3N6O3/c1-23(40)45-18-16-25(17-19-45)22-41-34(47)31(26-8-5-4-6-9-26)42-33(46)30(28-10-7-11-29(21-28)36(37,38)39)20-24-12-14-27(15-13-24)32-43-35(2,3)48-44-32/h7,10-15,21,25-26,30-31,40H,4-6,8-9,16-20,22H2,1-3H3,(H,41,47)(H,42,46)(H,43,44)/t30?,31-/m0/s1. The number of hydrogen-bond donors (Lipinski definition) is 4. The molecule has 2 aliphatic heterocycles. The van der Waals surface area contributed by atoms with Gasteiger partial charge in [-0.3, -0.25) is 15.0 Å². The van der Waals surface area contributed by atoms with E-state index in [4.69, 9.17) is 10.2 Å². The van der Waals surface area contributed by atoms with Crippen molar-refractivity contribution in [1.82, 2.24) is 21.0 Å². The molecule has 1 saturated carbocycles. The number of piperidine rings is 1. The molecular formula is C36H47F3N6O3. The summed E-state index contributed by atoms with van der Waals surface area (Å²) in [6.07, 6.45) is 1.87.